The molecular weight excluding hydrogens is 216 g/mol. The van der Waals surface area contributed by atoms with Gasteiger partial charge in [0.2, 0.25) is 0 Å². The van der Waals surface area contributed by atoms with Crippen LogP contribution in [0.5, 0.6) is 0 Å². The van der Waals surface area contributed by atoms with Crippen LogP contribution in [0.15, 0.2) is 0 Å². The van der Waals surface area contributed by atoms with Crippen LogP contribution in [0.1, 0.15) is 26.2 Å². The Kier molecular flexibility index (Phi) is 4.98. The molecule has 0 radical (unpaired) electrons. The molecule has 16 heavy (non-hydrogen) atoms. The molecule has 0 spiro atoms. The normalized spacial score (nSPS) is 30.9. The zero-order valence-electron chi connectivity index (χ0n) is 10.7. The van der Waals surface area contributed by atoms with Gasteiger partial charge in [-0.2, -0.15) is 11.8 Å². The summed E-state index contributed by atoms with van der Waals surface area (Å²) in [5.41, 5.74) is 0. The molecule has 0 aromatic carbocycles. The molecule has 0 bridgehead atoms. The summed E-state index contributed by atoms with van der Waals surface area (Å²) in [4.78, 5) is 2.53. The van der Waals surface area contributed by atoms with E-state index >= 15 is 0 Å². The van der Waals surface area contributed by atoms with Crippen molar-refractivity contribution < 1.29 is 0 Å². The fraction of sp³-hybridized carbons (Fsp3) is 1.00. The van der Waals surface area contributed by atoms with Gasteiger partial charge in [-0.15, -0.1) is 0 Å². The third kappa shape index (κ3) is 4.27. The van der Waals surface area contributed by atoms with Crippen LogP contribution in [0, 0.1) is 11.8 Å². The van der Waals surface area contributed by atoms with Crippen molar-refractivity contribution in [2.24, 2.45) is 11.8 Å². The van der Waals surface area contributed by atoms with Gasteiger partial charge in [0, 0.05) is 24.1 Å². The smallest absolute Gasteiger partial charge is 0.00716 e. The molecule has 1 N–H and O–H groups in total. The zero-order chi connectivity index (χ0) is 11.4. The highest BCUT2D eigenvalue weighted by atomic mass is 32.2. The first-order chi connectivity index (χ1) is 7.75. The number of rotatable bonds is 6. The Hall–Kier alpha value is 0.270. The van der Waals surface area contributed by atoms with E-state index in [1.54, 1.807) is 0 Å². The summed E-state index contributed by atoms with van der Waals surface area (Å²) >= 11 is 2.19. The highest BCUT2D eigenvalue weighted by Gasteiger charge is 2.32. The number of nitrogens with one attached hydrogen (secondary N) is 1. The lowest BCUT2D eigenvalue weighted by Gasteiger charge is -2.23. The van der Waals surface area contributed by atoms with Crippen LogP contribution in [-0.2, 0) is 0 Å². The Morgan fingerprint density at radius 1 is 1.31 bits per heavy atom. The molecule has 2 unspecified atom stereocenters. The van der Waals surface area contributed by atoms with Crippen LogP contribution >= 0.6 is 11.8 Å². The average molecular weight is 242 g/mol. The summed E-state index contributed by atoms with van der Waals surface area (Å²) in [5.74, 6) is 3.33. The van der Waals surface area contributed by atoms with Crippen molar-refractivity contribution in [1.82, 2.24) is 10.2 Å². The maximum atomic E-state index is 3.43. The lowest BCUT2D eigenvalue weighted by molar-refractivity contribution is 0.334. The molecule has 1 aliphatic carbocycles. The molecule has 3 heteroatoms. The molecule has 2 fully saturated rings. The van der Waals surface area contributed by atoms with Gasteiger partial charge in [0.1, 0.15) is 0 Å². The van der Waals surface area contributed by atoms with Gasteiger partial charge in [0.15, 0.2) is 0 Å². The van der Waals surface area contributed by atoms with Crippen LogP contribution in [0.4, 0.5) is 0 Å². The molecule has 1 saturated heterocycles. The maximum Gasteiger partial charge on any atom is 0.00716 e. The summed E-state index contributed by atoms with van der Waals surface area (Å²) in [5, 5.41) is 4.35. The topological polar surface area (TPSA) is 15.3 Å². The first-order valence-electron chi connectivity index (χ1n) is 6.76. The lowest BCUT2D eigenvalue weighted by Crippen LogP contribution is -2.30. The molecule has 1 aliphatic heterocycles. The minimum Gasteiger partial charge on any atom is -0.317 e. The lowest BCUT2D eigenvalue weighted by atomic mass is 10.2. The Bertz CT molecular complexity index is 204. The minimum atomic E-state index is 0.925. The molecule has 0 amide bonds. The predicted molar refractivity (Wildman–Crippen MR) is 73.1 cm³/mol. The van der Waals surface area contributed by atoms with E-state index in [0.717, 1.165) is 17.1 Å². The van der Waals surface area contributed by atoms with Crippen molar-refractivity contribution in [2.45, 2.75) is 31.4 Å². The van der Waals surface area contributed by atoms with E-state index in [1.165, 1.54) is 51.2 Å². The van der Waals surface area contributed by atoms with Gasteiger partial charge in [-0.3, -0.25) is 0 Å². The second-order valence-electron chi connectivity index (χ2n) is 5.56. The van der Waals surface area contributed by atoms with Crippen LogP contribution in [-0.4, -0.2) is 49.1 Å². The van der Waals surface area contributed by atoms with Crippen molar-refractivity contribution in [3.63, 3.8) is 0 Å². The number of thioether (sulfide) groups is 1. The molecule has 1 saturated carbocycles. The van der Waals surface area contributed by atoms with E-state index in [4.69, 9.17) is 0 Å². The number of hydrogen-bond acceptors (Lipinski definition) is 3. The Balaban J connectivity index is 1.49. The van der Waals surface area contributed by atoms with Crippen LogP contribution in [0.3, 0.4) is 0 Å². The van der Waals surface area contributed by atoms with Crippen LogP contribution in [0.2, 0.25) is 0 Å². The fourth-order valence-corrected chi connectivity index (χ4v) is 3.80. The Morgan fingerprint density at radius 3 is 2.62 bits per heavy atom. The summed E-state index contributed by atoms with van der Waals surface area (Å²) in [6.45, 7) is 7.44. The van der Waals surface area contributed by atoms with Gasteiger partial charge in [-0.1, -0.05) is 6.92 Å². The molecule has 1 heterocycles. The fourth-order valence-electron chi connectivity index (χ4n) is 2.48. The van der Waals surface area contributed by atoms with Crippen molar-refractivity contribution in [1.29, 1.82) is 0 Å². The minimum absolute atomic E-state index is 0.925. The third-order valence-electron chi connectivity index (χ3n) is 3.94. The first-order valence-corrected chi connectivity index (χ1v) is 7.81. The molecular formula is C13H26N2S. The van der Waals surface area contributed by atoms with Crippen molar-refractivity contribution in [3.05, 3.63) is 0 Å². The summed E-state index contributed by atoms with van der Waals surface area (Å²) in [7, 11) is 2.29. The second-order valence-corrected chi connectivity index (χ2v) is 6.96. The van der Waals surface area contributed by atoms with E-state index < -0.39 is 0 Å². The largest absolute Gasteiger partial charge is 0.317 e. The zero-order valence-corrected chi connectivity index (χ0v) is 11.6. The van der Waals surface area contributed by atoms with E-state index in [0.29, 0.717) is 0 Å². The quantitative estimate of drug-likeness (QED) is 0.767. The molecule has 2 nitrogen and oxygen atoms in total. The third-order valence-corrected chi connectivity index (χ3v) is 5.30. The predicted octanol–water partition coefficient (Wildman–Crippen LogP) is 2.06. The van der Waals surface area contributed by atoms with Crippen molar-refractivity contribution in [2.75, 3.05) is 39.0 Å². The summed E-state index contributed by atoms with van der Waals surface area (Å²) in [6.07, 6.45) is 4.20. The molecule has 2 rings (SSSR count). The number of piperidine rings is 1. The standard InChI is InChI=1S/C13H26N2S/c1-11-9-12(11)10-15(2)7-8-16-13-3-5-14-6-4-13/h11-14H,3-10H2,1-2H3. The van der Waals surface area contributed by atoms with Gasteiger partial charge < -0.3 is 10.2 Å². The van der Waals surface area contributed by atoms with Gasteiger partial charge in [0.05, 0.1) is 0 Å². The highest BCUT2D eigenvalue weighted by molar-refractivity contribution is 7.99. The number of hydrogen-bond donors (Lipinski definition) is 1. The molecule has 2 aliphatic rings. The summed E-state index contributed by atoms with van der Waals surface area (Å²) < 4.78 is 0. The summed E-state index contributed by atoms with van der Waals surface area (Å²) in [6, 6.07) is 0. The van der Waals surface area contributed by atoms with E-state index in [9.17, 15) is 0 Å². The van der Waals surface area contributed by atoms with E-state index in [-0.39, 0.29) is 0 Å². The second kappa shape index (κ2) is 6.27. The molecule has 0 aromatic rings. The monoisotopic (exact) mass is 242 g/mol. The van der Waals surface area contributed by atoms with E-state index in [1.807, 2.05) is 0 Å². The van der Waals surface area contributed by atoms with Gasteiger partial charge in [0.25, 0.3) is 0 Å². The molecule has 2 atom stereocenters. The number of nitrogens with zero attached hydrogens (tertiary/aromatic N) is 1. The van der Waals surface area contributed by atoms with Gasteiger partial charge in [-0.25, -0.2) is 0 Å². The highest BCUT2D eigenvalue weighted by Crippen LogP contribution is 2.37. The Morgan fingerprint density at radius 2 is 2.00 bits per heavy atom. The molecule has 94 valence electrons. The van der Waals surface area contributed by atoms with E-state index in [2.05, 4.69) is 35.9 Å². The van der Waals surface area contributed by atoms with Crippen molar-refractivity contribution in [3.8, 4) is 0 Å². The van der Waals surface area contributed by atoms with Crippen LogP contribution in [0.25, 0.3) is 0 Å². The van der Waals surface area contributed by atoms with Crippen LogP contribution < -0.4 is 5.32 Å². The maximum absolute atomic E-state index is 3.43. The van der Waals surface area contributed by atoms with Gasteiger partial charge >= 0.3 is 0 Å². The van der Waals surface area contributed by atoms with Crippen molar-refractivity contribution >= 4 is 11.8 Å². The molecule has 0 aromatic heterocycles. The first kappa shape index (κ1) is 12.7. The Labute approximate surface area is 105 Å². The van der Waals surface area contributed by atoms with Gasteiger partial charge in [-0.05, 0) is 51.2 Å². The average Bonchev–Trinajstić information content (AvgIpc) is 2.95. The SMILES string of the molecule is CC1CC1CN(C)CCSC1CCNCC1.